The molecule has 1 fully saturated rings. The van der Waals surface area contributed by atoms with Gasteiger partial charge in [-0.3, -0.25) is 0 Å². The second-order valence-corrected chi connectivity index (χ2v) is 4.25. The van der Waals surface area contributed by atoms with Crippen molar-refractivity contribution >= 4 is 0 Å². The van der Waals surface area contributed by atoms with Gasteiger partial charge in [0.2, 0.25) is 0 Å². The zero-order valence-corrected chi connectivity index (χ0v) is 8.99. The van der Waals surface area contributed by atoms with Crippen molar-refractivity contribution in [3.63, 3.8) is 0 Å². The van der Waals surface area contributed by atoms with E-state index in [4.69, 9.17) is 4.74 Å². The van der Waals surface area contributed by atoms with Gasteiger partial charge in [-0.15, -0.1) is 0 Å². The fraction of sp³-hybridized carbons (Fsp3) is 0.500. The van der Waals surface area contributed by atoms with Crippen LogP contribution in [0.1, 0.15) is 12.0 Å². The Morgan fingerprint density at radius 2 is 2.13 bits per heavy atom. The molecule has 0 radical (unpaired) electrons. The van der Waals surface area contributed by atoms with Crippen molar-refractivity contribution < 1.29 is 9.84 Å². The SMILES string of the molecule is Cc1ccc(OC[C@]2(O)CCNC2)cc1. The van der Waals surface area contributed by atoms with Gasteiger partial charge < -0.3 is 15.2 Å². The van der Waals surface area contributed by atoms with Crippen LogP contribution < -0.4 is 10.1 Å². The highest BCUT2D eigenvalue weighted by molar-refractivity contribution is 5.26. The fourth-order valence-electron chi connectivity index (χ4n) is 1.71. The summed E-state index contributed by atoms with van der Waals surface area (Å²) in [4.78, 5) is 0. The van der Waals surface area contributed by atoms with E-state index in [1.54, 1.807) is 0 Å². The van der Waals surface area contributed by atoms with Gasteiger partial charge in [-0.1, -0.05) is 17.7 Å². The average Bonchev–Trinajstić information content (AvgIpc) is 2.65. The van der Waals surface area contributed by atoms with Crippen LogP contribution in [-0.4, -0.2) is 30.4 Å². The molecule has 3 heteroatoms. The van der Waals surface area contributed by atoms with Crippen molar-refractivity contribution in [2.75, 3.05) is 19.7 Å². The molecule has 0 spiro atoms. The summed E-state index contributed by atoms with van der Waals surface area (Å²) in [6, 6.07) is 7.88. The highest BCUT2D eigenvalue weighted by Gasteiger charge is 2.31. The lowest BCUT2D eigenvalue weighted by atomic mass is 10.1. The van der Waals surface area contributed by atoms with Crippen molar-refractivity contribution in [1.29, 1.82) is 0 Å². The standard InChI is InChI=1S/C12H17NO2/c1-10-2-4-11(5-3-10)15-9-12(14)6-7-13-8-12/h2-5,13-14H,6-9H2,1H3/t12-/m0/s1. The second-order valence-electron chi connectivity index (χ2n) is 4.25. The molecule has 0 saturated carbocycles. The van der Waals surface area contributed by atoms with E-state index in [0.717, 1.165) is 18.7 Å². The van der Waals surface area contributed by atoms with Gasteiger partial charge in [-0.05, 0) is 32.0 Å². The van der Waals surface area contributed by atoms with Crippen LogP contribution in [0.15, 0.2) is 24.3 Å². The zero-order valence-electron chi connectivity index (χ0n) is 8.99. The van der Waals surface area contributed by atoms with E-state index in [0.29, 0.717) is 13.2 Å². The average molecular weight is 207 g/mol. The van der Waals surface area contributed by atoms with Crippen molar-refractivity contribution in [1.82, 2.24) is 5.32 Å². The highest BCUT2D eigenvalue weighted by atomic mass is 16.5. The lowest BCUT2D eigenvalue weighted by Gasteiger charge is -2.21. The number of hydrogen-bond acceptors (Lipinski definition) is 3. The molecule has 1 atom stereocenters. The first-order valence-corrected chi connectivity index (χ1v) is 5.31. The highest BCUT2D eigenvalue weighted by Crippen LogP contribution is 2.18. The van der Waals surface area contributed by atoms with E-state index < -0.39 is 5.60 Å². The summed E-state index contributed by atoms with van der Waals surface area (Å²) >= 11 is 0. The lowest BCUT2D eigenvalue weighted by molar-refractivity contribution is 0.0130. The molecule has 2 rings (SSSR count). The van der Waals surface area contributed by atoms with Crippen molar-refractivity contribution in [3.8, 4) is 5.75 Å². The fourth-order valence-corrected chi connectivity index (χ4v) is 1.71. The van der Waals surface area contributed by atoms with E-state index in [-0.39, 0.29) is 0 Å². The molecule has 0 amide bonds. The van der Waals surface area contributed by atoms with Crippen molar-refractivity contribution in [2.45, 2.75) is 18.9 Å². The molecule has 3 nitrogen and oxygen atoms in total. The largest absolute Gasteiger partial charge is 0.491 e. The molecular weight excluding hydrogens is 190 g/mol. The Morgan fingerprint density at radius 3 is 2.73 bits per heavy atom. The quantitative estimate of drug-likeness (QED) is 0.780. The minimum absolute atomic E-state index is 0.364. The summed E-state index contributed by atoms with van der Waals surface area (Å²) in [6.45, 7) is 3.90. The lowest BCUT2D eigenvalue weighted by Crippen LogP contribution is -2.38. The maximum atomic E-state index is 10.0. The third-order valence-electron chi connectivity index (χ3n) is 2.75. The van der Waals surface area contributed by atoms with Crippen molar-refractivity contribution in [2.24, 2.45) is 0 Å². The Hall–Kier alpha value is -1.06. The maximum Gasteiger partial charge on any atom is 0.119 e. The molecule has 0 aliphatic carbocycles. The van der Waals surface area contributed by atoms with Gasteiger partial charge in [0, 0.05) is 6.54 Å². The predicted octanol–water partition coefficient (Wildman–Crippen LogP) is 1.10. The van der Waals surface area contributed by atoms with Crippen LogP contribution >= 0.6 is 0 Å². The van der Waals surface area contributed by atoms with Gasteiger partial charge >= 0.3 is 0 Å². The Morgan fingerprint density at radius 1 is 1.40 bits per heavy atom. The third kappa shape index (κ3) is 2.70. The van der Waals surface area contributed by atoms with Gasteiger partial charge in [0.25, 0.3) is 0 Å². The zero-order chi connectivity index (χ0) is 10.7. The molecule has 1 heterocycles. The Balaban J connectivity index is 1.90. The summed E-state index contributed by atoms with van der Waals surface area (Å²) in [5.74, 6) is 0.820. The molecule has 1 aliphatic heterocycles. The topological polar surface area (TPSA) is 41.5 Å². The number of ether oxygens (including phenoxy) is 1. The van der Waals surface area contributed by atoms with E-state index in [1.807, 2.05) is 31.2 Å². The molecule has 82 valence electrons. The summed E-state index contributed by atoms with van der Waals surface area (Å²) in [5, 5.41) is 13.1. The summed E-state index contributed by atoms with van der Waals surface area (Å²) in [7, 11) is 0. The molecule has 1 saturated heterocycles. The number of β-amino-alcohol motifs (C(OH)–C–C–N with tert-alkyl or cyclic N) is 1. The smallest absolute Gasteiger partial charge is 0.119 e. The van der Waals surface area contributed by atoms with Crippen LogP contribution in [-0.2, 0) is 0 Å². The van der Waals surface area contributed by atoms with Crippen LogP contribution in [0, 0.1) is 6.92 Å². The minimum Gasteiger partial charge on any atom is -0.491 e. The van der Waals surface area contributed by atoms with Crippen LogP contribution in [0.4, 0.5) is 0 Å². The monoisotopic (exact) mass is 207 g/mol. The Bertz CT molecular complexity index is 315. The predicted molar refractivity (Wildman–Crippen MR) is 59.1 cm³/mol. The summed E-state index contributed by atoms with van der Waals surface area (Å²) in [5.41, 5.74) is 0.522. The van der Waals surface area contributed by atoms with Gasteiger partial charge in [0.05, 0.1) is 0 Å². The third-order valence-corrected chi connectivity index (χ3v) is 2.75. The van der Waals surface area contributed by atoms with Crippen LogP contribution in [0.5, 0.6) is 5.75 Å². The number of hydrogen-bond donors (Lipinski definition) is 2. The molecule has 1 aliphatic rings. The number of nitrogens with one attached hydrogen (secondary N) is 1. The number of aryl methyl sites for hydroxylation is 1. The molecule has 2 N–H and O–H groups in total. The number of rotatable bonds is 3. The summed E-state index contributed by atoms with van der Waals surface area (Å²) < 4.78 is 5.56. The van der Waals surface area contributed by atoms with Crippen molar-refractivity contribution in [3.05, 3.63) is 29.8 Å². The number of aliphatic hydroxyl groups is 1. The molecule has 1 aromatic carbocycles. The van der Waals surface area contributed by atoms with E-state index >= 15 is 0 Å². The first-order valence-electron chi connectivity index (χ1n) is 5.31. The molecular formula is C12H17NO2. The Labute approximate surface area is 90.1 Å². The molecule has 15 heavy (non-hydrogen) atoms. The Kier molecular flexibility index (Phi) is 2.93. The van der Waals surface area contributed by atoms with E-state index in [1.165, 1.54) is 5.56 Å². The molecule has 0 bridgehead atoms. The van der Waals surface area contributed by atoms with Crippen LogP contribution in [0.3, 0.4) is 0 Å². The molecule has 0 unspecified atom stereocenters. The van der Waals surface area contributed by atoms with E-state index in [2.05, 4.69) is 5.32 Å². The second kappa shape index (κ2) is 4.21. The van der Waals surface area contributed by atoms with E-state index in [9.17, 15) is 5.11 Å². The van der Waals surface area contributed by atoms with Crippen LogP contribution in [0.2, 0.25) is 0 Å². The first kappa shape index (κ1) is 10.5. The molecule has 0 aromatic heterocycles. The van der Waals surface area contributed by atoms with Crippen LogP contribution in [0.25, 0.3) is 0 Å². The minimum atomic E-state index is -0.690. The normalized spacial score (nSPS) is 25.5. The molecule has 1 aromatic rings. The maximum absolute atomic E-state index is 10.0. The first-order chi connectivity index (χ1) is 7.18. The van der Waals surface area contributed by atoms with Gasteiger partial charge in [0.1, 0.15) is 18.0 Å². The van der Waals surface area contributed by atoms with Gasteiger partial charge in [0.15, 0.2) is 0 Å². The van der Waals surface area contributed by atoms with Gasteiger partial charge in [-0.25, -0.2) is 0 Å². The number of benzene rings is 1. The summed E-state index contributed by atoms with van der Waals surface area (Å²) in [6.07, 6.45) is 0.763. The van der Waals surface area contributed by atoms with Gasteiger partial charge in [-0.2, -0.15) is 0 Å².